The number of pyridine rings is 1. The number of amides is 1. The molecule has 1 saturated heterocycles. The first-order chi connectivity index (χ1) is 10.5. The van der Waals surface area contributed by atoms with Crippen molar-refractivity contribution in [3.05, 3.63) is 44.7 Å². The Balaban J connectivity index is 0.00000192. The number of nitrogens with one attached hydrogen (secondary N) is 1. The van der Waals surface area contributed by atoms with Crippen LogP contribution in [0.15, 0.2) is 33.5 Å². The number of fused-ring (bicyclic) bond motifs is 1. The van der Waals surface area contributed by atoms with Crippen molar-refractivity contribution in [3.8, 4) is 0 Å². The van der Waals surface area contributed by atoms with Gasteiger partial charge in [0, 0.05) is 28.5 Å². The van der Waals surface area contributed by atoms with Crippen molar-refractivity contribution >= 4 is 45.1 Å². The van der Waals surface area contributed by atoms with Crippen LogP contribution in [0.1, 0.15) is 23.7 Å². The first-order valence-corrected chi connectivity index (χ1v) is 8.13. The fourth-order valence-electron chi connectivity index (χ4n) is 3.17. The van der Waals surface area contributed by atoms with E-state index in [1.807, 2.05) is 30.0 Å². The number of benzene rings is 1. The van der Waals surface area contributed by atoms with Gasteiger partial charge < -0.3 is 15.6 Å². The van der Waals surface area contributed by atoms with Crippen LogP contribution in [-0.2, 0) is 0 Å². The van der Waals surface area contributed by atoms with E-state index in [1.54, 1.807) is 0 Å². The lowest BCUT2D eigenvalue weighted by Crippen LogP contribution is -2.35. The van der Waals surface area contributed by atoms with Crippen molar-refractivity contribution in [2.24, 2.45) is 11.7 Å². The van der Waals surface area contributed by atoms with E-state index in [2.05, 4.69) is 20.9 Å². The lowest BCUT2D eigenvalue weighted by atomic mass is 10.1. The predicted molar refractivity (Wildman–Crippen MR) is 97.2 cm³/mol. The van der Waals surface area contributed by atoms with Crippen molar-refractivity contribution in [2.45, 2.75) is 19.4 Å². The Bertz CT molecular complexity index is 792. The van der Waals surface area contributed by atoms with E-state index in [9.17, 15) is 9.59 Å². The normalized spacial score (nSPS) is 20.6. The maximum Gasteiger partial charge on any atom is 0.254 e. The first kappa shape index (κ1) is 18.0. The summed E-state index contributed by atoms with van der Waals surface area (Å²) < 4.78 is 0.769. The third-order valence-electron chi connectivity index (χ3n) is 4.31. The van der Waals surface area contributed by atoms with E-state index in [4.69, 9.17) is 5.73 Å². The fourth-order valence-corrected chi connectivity index (χ4v) is 3.64. The molecule has 1 aliphatic heterocycles. The molecule has 0 spiro atoms. The molecule has 23 heavy (non-hydrogen) atoms. The summed E-state index contributed by atoms with van der Waals surface area (Å²) in [5.41, 5.74) is 6.56. The van der Waals surface area contributed by atoms with Gasteiger partial charge in [-0.05, 0) is 47.8 Å². The summed E-state index contributed by atoms with van der Waals surface area (Å²) in [6.45, 7) is 3.26. The second-order valence-corrected chi connectivity index (χ2v) is 6.71. The number of halogens is 2. The standard InChI is InChI=1S/C16H18BrN3O2.ClH/c1-9-5-10(7-18)8-20(9)16(22)12-6-14(21)19-15-11(12)3-2-4-13(15)17;/h2-4,6,9-10H,5,7-8,18H2,1H3,(H,19,21);1H. The average molecular weight is 401 g/mol. The number of nitrogens with zero attached hydrogens (tertiary/aromatic N) is 1. The molecular formula is C16H19BrClN3O2. The van der Waals surface area contributed by atoms with Gasteiger partial charge in [0.2, 0.25) is 5.56 Å². The van der Waals surface area contributed by atoms with Gasteiger partial charge in [0.15, 0.2) is 0 Å². The van der Waals surface area contributed by atoms with Crippen LogP contribution in [0, 0.1) is 5.92 Å². The van der Waals surface area contributed by atoms with Crippen molar-refractivity contribution in [2.75, 3.05) is 13.1 Å². The molecule has 0 saturated carbocycles. The second-order valence-electron chi connectivity index (χ2n) is 5.85. The van der Waals surface area contributed by atoms with Gasteiger partial charge in [0.1, 0.15) is 0 Å². The van der Waals surface area contributed by atoms with E-state index in [0.29, 0.717) is 30.1 Å². The molecule has 124 valence electrons. The highest BCUT2D eigenvalue weighted by atomic mass is 79.9. The molecule has 2 unspecified atom stereocenters. The zero-order valence-electron chi connectivity index (χ0n) is 12.7. The molecule has 0 aliphatic carbocycles. The lowest BCUT2D eigenvalue weighted by molar-refractivity contribution is 0.0745. The van der Waals surface area contributed by atoms with E-state index >= 15 is 0 Å². The number of hydrogen-bond donors (Lipinski definition) is 2. The zero-order valence-corrected chi connectivity index (χ0v) is 15.1. The molecule has 0 radical (unpaired) electrons. The highest BCUT2D eigenvalue weighted by molar-refractivity contribution is 9.10. The Morgan fingerprint density at radius 2 is 2.22 bits per heavy atom. The van der Waals surface area contributed by atoms with E-state index in [1.165, 1.54) is 6.07 Å². The molecule has 7 heteroatoms. The number of para-hydroxylation sites is 1. The molecule has 2 heterocycles. The van der Waals surface area contributed by atoms with Crippen LogP contribution in [0.4, 0.5) is 0 Å². The van der Waals surface area contributed by atoms with Crippen LogP contribution in [0.3, 0.4) is 0 Å². The number of likely N-dealkylation sites (tertiary alicyclic amines) is 1. The number of carbonyl (C=O) groups is 1. The van der Waals surface area contributed by atoms with Gasteiger partial charge in [-0.2, -0.15) is 0 Å². The van der Waals surface area contributed by atoms with Crippen LogP contribution in [-0.4, -0.2) is 34.9 Å². The molecule has 2 atom stereocenters. The molecule has 0 bridgehead atoms. The van der Waals surface area contributed by atoms with Gasteiger partial charge in [0.25, 0.3) is 5.91 Å². The zero-order chi connectivity index (χ0) is 15.9. The Kier molecular flexibility index (Phi) is 5.49. The lowest BCUT2D eigenvalue weighted by Gasteiger charge is -2.22. The minimum absolute atomic E-state index is 0. The van der Waals surface area contributed by atoms with E-state index in [-0.39, 0.29) is 29.9 Å². The van der Waals surface area contributed by atoms with Crippen molar-refractivity contribution in [1.29, 1.82) is 0 Å². The molecule has 1 aromatic carbocycles. The van der Waals surface area contributed by atoms with E-state index < -0.39 is 0 Å². The number of rotatable bonds is 2. The summed E-state index contributed by atoms with van der Waals surface area (Å²) in [6, 6.07) is 7.08. The Hall–Kier alpha value is -1.37. The molecule has 1 aromatic heterocycles. The largest absolute Gasteiger partial charge is 0.336 e. The second kappa shape index (κ2) is 7.03. The van der Waals surface area contributed by atoms with E-state index in [0.717, 1.165) is 16.3 Å². The van der Waals surface area contributed by atoms with Gasteiger partial charge in [0.05, 0.1) is 11.1 Å². The van der Waals surface area contributed by atoms with Gasteiger partial charge in [-0.25, -0.2) is 0 Å². The minimum Gasteiger partial charge on any atom is -0.336 e. The monoisotopic (exact) mass is 399 g/mol. The van der Waals surface area contributed by atoms with Gasteiger partial charge in [-0.1, -0.05) is 12.1 Å². The molecule has 1 fully saturated rings. The van der Waals surface area contributed by atoms with Crippen LogP contribution in [0.25, 0.3) is 10.9 Å². The van der Waals surface area contributed by atoms with Gasteiger partial charge in [-0.15, -0.1) is 12.4 Å². The van der Waals surface area contributed by atoms with Crippen LogP contribution < -0.4 is 11.3 Å². The summed E-state index contributed by atoms with van der Waals surface area (Å²) in [5, 5.41) is 0.752. The SMILES string of the molecule is CC1CC(CN)CN1C(=O)c1cc(=O)[nH]c2c(Br)cccc12.Cl. The highest BCUT2D eigenvalue weighted by Gasteiger charge is 2.32. The minimum atomic E-state index is -0.273. The topological polar surface area (TPSA) is 79.2 Å². The quantitative estimate of drug-likeness (QED) is 0.813. The molecule has 2 aromatic rings. The predicted octanol–water partition coefficient (Wildman–Crippen LogP) is 2.52. The third-order valence-corrected chi connectivity index (χ3v) is 4.97. The number of aromatic nitrogens is 1. The summed E-state index contributed by atoms with van der Waals surface area (Å²) in [4.78, 5) is 29.4. The molecular weight excluding hydrogens is 382 g/mol. The molecule has 3 rings (SSSR count). The number of H-pyrrole nitrogens is 1. The third kappa shape index (κ3) is 3.29. The molecule has 5 nitrogen and oxygen atoms in total. The Morgan fingerprint density at radius 3 is 2.87 bits per heavy atom. The summed E-state index contributed by atoms with van der Waals surface area (Å²) in [7, 11) is 0. The van der Waals surface area contributed by atoms with Crippen molar-refractivity contribution in [1.82, 2.24) is 9.88 Å². The maximum absolute atomic E-state index is 12.9. The summed E-state index contributed by atoms with van der Waals surface area (Å²) in [6.07, 6.45) is 0.910. The van der Waals surface area contributed by atoms with Crippen molar-refractivity contribution in [3.63, 3.8) is 0 Å². The van der Waals surface area contributed by atoms with Crippen LogP contribution in [0.5, 0.6) is 0 Å². The highest BCUT2D eigenvalue weighted by Crippen LogP contribution is 2.28. The first-order valence-electron chi connectivity index (χ1n) is 7.34. The summed E-state index contributed by atoms with van der Waals surface area (Å²) in [5.74, 6) is 0.233. The summed E-state index contributed by atoms with van der Waals surface area (Å²) >= 11 is 3.42. The molecule has 1 aliphatic rings. The van der Waals surface area contributed by atoms with Crippen molar-refractivity contribution < 1.29 is 4.79 Å². The Morgan fingerprint density at radius 1 is 1.48 bits per heavy atom. The van der Waals surface area contributed by atoms with Gasteiger partial charge in [-0.3, -0.25) is 9.59 Å². The average Bonchev–Trinajstić information content (AvgIpc) is 2.88. The van der Waals surface area contributed by atoms with Gasteiger partial charge >= 0.3 is 0 Å². The maximum atomic E-state index is 12.9. The fraction of sp³-hybridized carbons (Fsp3) is 0.375. The van der Waals surface area contributed by atoms with Crippen LogP contribution in [0.2, 0.25) is 0 Å². The number of nitrogens with two attached hydrogens (primary N) is 1. The Labute approximate surface area is 148 Å². The number of carbonyl (C=O) groups excluding carboxylic acids is 1. The molecule has 1 amide bonds. The molecule has 3 N–H and O–H groups in total. The van der Waals surface area contributed by atoms with Crippen LogP contribution >= 0.6 is 28.3 Å². The smallest absolute Gasteiger partial charge is 0.254 e. The number of hydrogen-bond acceptors (Lipinski definition) is 3. The number of aromatic amines is 1.